The fourth-order valence-electron chi connectivity index (χ4n) is 2.55. The number of benzene rings is 2. The normalized spacial score (nSPS) is 10.6. The van der Waals surface area contributed by atoms with E-state index in [1.165, 1.54) is 17.3 Å². The van der Waals surface area contributed by atoms with Crippen LogP contribution in [0, 0.1) is 13.8 Å². The lowest BCUT2D eigenvalue weighted by Crippen LogP contribution is -2.25. The lowest BCUT2D eigenvalue weighted by atomic mass is 10.1. The number of methoxy groups -OCH3 is 1. The fourth-order valence-corrected chi connectivity index (χ4v) is 3.44. The summed E-state index contributed by atoms with van der Waals surface area (Å²) in [5.74, 6) is 1.65. The summed E-state index contributed by atoms with van der Waals surface area (Å²) in [6.45, 7) is 3.70. The third-order valence-corrected chi connectivity index (χ3v) is 4.88. The number of aryl methyl sites for hydroxylation is 2. The van der Waals surface area contributed by atoms with E-state index in [1.807, 2.05) is 37.3 Å². The summed E-state index contributed by atoms with van der Waals surface area (Å²) < 4.78 is 6.98. The zero-order valence-corrected chi connectivity index (χ0v) is 15.7. The van der Waals surface area contributed by atoms with E-state index < -0.39 is 0 Å². The van der Waals surface area contributed by atoms with Crippen LogP contribution >= 0.6 is 11.8 Å². The number of para-hydroxylation sites is 1. The molecular weight excluding hydrogens is 348 g/mol. The van der Waals surface area contributed by atoms with Crippen LogP contribution in [-0.4, -0.2) is 27.9 Å². The van der Waals surface area contributed by atoms with Crippen molar-refractivity contribution in [3.63, 3.8) is 0 Å². The van der Waals surface area contributed by atoms with E-state index in [-0.39, 0.29) is 5.91 Å². The third kappa shape index (κ3) is 3.88. The number of rotatable bonds is 6. The Balaban J connectivity index is 1.79. The molecule has 6 nitrogen and oxygen atoms in total. The molecule has 134 valence electrons. The van der Waals surface area contributed by atoms with E-state index in [0.29, 0.717) is 22.3 Å². The summed E-state index contributed by atoms with van der Waals surface area (Å²) in [5, 5.41) is 8.88. The zero-order valence-electron chi connectivity index (χ0n) is 14.9. The Hall–Kier alpha value is -2.80. The first kappa shape index (κ1) is 18.0. The Morgan fingerprint density at radius 3 is 2.62 bits per heavy atom. The molecule has 0 atom stereocenters. The van der Waals surface area contributed by atoms with E-state index in [0.717, 1.165) is 11.3 Å². The largest absolute Gasteiger partial charge is 0.496 e. The maximum Gasteiger partial charge on any atom is 0.273 e. The Bertz CT molecular complexity index is 909. The predicted molar refractivity (Wildman–Crippen MR) is 102 cm³/mol. The van der Waals surface area contributed by atoms with Gasteiger partial charge in [0.2, 0.25) is 5.16 Å². The lowest BCUT2D eigenvalue weighted by Gasteiger charge is -2.13. The first-order valence-corrected chi connectivity index (χ1v) is 9.12. The molecule has 0 unspecified atom stereocenters. The summed E-state index contributed by atoms with van der Waals surface area (Å²) in [4.78, 5) is 12.7. The van der Waals surface area contributed by atoms with Gasteiger partial charge in [-0.25, -0.2) is 4.68 Å². The molecule has 0 spiro atoms. The summed E-state index contributed by atoms with van der Waals surface area (Å²) in [5.41, 5.74) is 5.42. The van der Waals surface area contributed by atoms with Crippen molar-refractivity contribution in [2.75, 3.05) is 12.5 Å². The van der Waals surface area contributed by atoms with Crippen LogP contribution in [0.25, 0.3) is 0 Å². The molecule has 2 aromatic carbocycles. The number of hydrogen-bond acceptors (Lipinski definition) is 5. The monoisotopic (exact) mass is 368 g/mol. The van der Waals surface area contributed by atoms with Gasteiger partial charge in [0, 0.05) is 5.75 Å². The van der Waals surface area contributed by atoms with Crippen molar-refractivity contribution in [2.45, 2.75) is 24.8 Å². The number of amides is 1. The maximum atomic E-state index is 12.7. The summed E-state index contributed by atoms with van der Waals surface area (Å²) in [6, 6.07) is 15.5. The standard InChI is InChI=1S/C19H20N4O2S/c1-13-8-7-11-16(17(13)25-3)18(24)22-23-14(2)20-21-19(23)26-12-15-9-5-4-6-10-15/h4-11H,12H2,1-3H3,(H,22,24). The smallest absolute Gasteiger partial charge is 0.273 e. The highest BCUT2D eigenvalue weighted by molar-refractivity contribution is 7.98. The molecule has 3 aromatic rings. The van der Waals surface area contributed by atoms with Crippen molar-refractivity contribution in [1.82, 2.24) is 14.9 Å². The van der Waals surface area contributed by atoms with Gasteiger partial charge in [-0.1, -0.05) is 54.2 Å². The first-order valence-electron chi connectivity index (χ1n) is 8.14. The van der Waals surface area contributed by atoms with Gasteiger partial charge in [0.25, 0.3) is 5.91 Å². The molecule has 0 radical (unpaired) electrons. The number of carbonyl (C=O) groups excluding carboxylic acids is 1. The van der Waals surface area contributed by atoms with Crippen LogP contribution in [0.3, 0.4) is 0 Å². The van der Waals surface area contributed by atoms with Crippen LogP contribution < -0.4 is 10.2 Å². The molecule has 0 saturated heterocycles. The van der Waals surface area contributed by atoms with Gasteiger partial charge in [-0.2, -0.15) is 0 Å². The van der Waals surface area contributed by atoms with Gasteiger partial charge >= 0.3 is 0 Å². The molecule has 3 rings (SSSR count). The molecule has 0 saturated carbocycles. The molecule has 26 heavy (non-hydrogen) atoms. The van der Waals surface area contributed by atoms with E-state index in [9.17, 15) is 4.79 Å². The number of ether oxygens (including phenoxy) is 1. The van der Waals surface area contributed by atoms with Crippen molar-refractivity contribution < 1.29 is 9.53 Å². The van der Waals surface area contributed by atoms with Gasteiger partial charge in [-0.05, 0) is 31.0 Å². The van der Waals surface area contributed by atoms with Crippen LogP contribution in [0.5, 0.6) is 5.75 Å². The molecule has 1 heterocycles. The van der Waals surface area contributed by atoms with Gasteiger partial charge in [0.1, 0.15) is 11.6 Å². The highest BCUT2D eigenvalue weighted by Crippen LogP contribution is 2.24. The molecule has 0 fully saturated rings. The quantitative estimate of drug-likeness (QED) is 0.674. The number of aromatic nitrogens is 3. The average molecular weight is 368 g/mol. The molecule has 0 aliphatic rings. The summed E-state index contributed by atoms with van der Waals surface area (Å²) >= 11 is 1.51. The van der Waals surface area contributed by atoms with Crippen molar-refractivity contribution in [1.29, 1.82) is 0 Å². The topological polar surface area (TPSA) is 69.0 Å². The molecule has 7 heteroatoms. The minimum absolute atomic E-state index is 0.269. The maximum absolute atomic E-state index is 12.7. The Morgan fingerprint density at radius 2 is 1.88 bits per heavy atom. The Morgan fingerprint density at radius 1 is 1.12 bits per heavy atom. The van der Waals surface area contributed by atoms with E-state index in [4.69, 9.17) is 4.74 Å². The SMILES string of the molecule is COc1c(C)cccc1C(=O)Nn1c(C)nnc1SCc1ccccc1. The van der Waals surface area contributed by atoms with Gasteiger partial charge in [0.15, 0.2) is 0 Å². The molecular formula is C19H20N4O2S. The molecule has 0 aliphatic heterocycles. The van der Waals surface area contributed by atoms with Crippen LogP contribution in [0.15, 0.2) is 53.7 Å². The number of nitrogens with zero attached hydrogens (tertiary/aromatic N) is 3. The highest BCUT2D eigenvalue weighted by Gasteiger charge is 2.17. The minimum Gasteiger partial charge on any atom is -0.496 e. The molecule has 0 bridgehead atoms. The molecule has 1 amide bonds. The van der Waals surface area contributed by atoms with Crippen LogP contribution in [0.2, 0.25) is 0 Å². The van der Waals surface area contributed by atoms with Gasteiger partial charge in [0.05, 0.1) is 12.7 Å². The van der Waals surface area contributed by atoms with Crippen LogP contribution in [0.4, 0.5) is 0 Å². The van der Waals surface area contributed by atoms with Crippen molar-refractivity contribution in [3.05, 3.63) is 71.0 Å². The van der Waals surface area contributed by atoms with Crippen molar-refractivity contribution in [2.24, 2.45) is 0 Å². The summed E-state index contributed by atoms with van der Waals surface area (Å²) in [6.07, 6.45) is 0. The van der Waals surface area contributed by atoms with Gasteiger partial charge in [-0.3, -0.25) is 10.2 Å². The van der Waals surface area contributed by atoms with Crippen molar-refractivity contribution in [3.8, 4) is 5.75 Å². The second-order valence-corrected chi connectivity index (χ2v) is 6.68. The predicted octanol–water partition coefficient (Wildman–Crippen LogP) is 3.58. The lowest BCUT2D eigenvalue weighted by molar-refractivity contribution is 0.100. The molecule has 1 aromatic heterocycles. The fraction of sp³-hybridized carbons (Fsp3) is 0.211. The molecule has 0 aliphatic carbocycles. The Labute approximate surface area is 156 Å². The number of nitrogens with one attached hydrogen (secondary N) is 1. The van der Waals surface area contributed by atoms with Crippen molar-refractivity contribution >= 4 is 17.7 Å². The zero-order chi connectivity index (χ0) is 18.5. The Kier molecular flexibility index (Phi) is 5.58. The van der Waals surface area contributed by atoms with E-state index >= 15 is 0 Å². The second kappa shape index (κ2) is 8.05. The average Bonchev–Trinajstić information content (AvgIpc) is 3.00. The van der Waals surface area contributed by atoms with Gasteiger partial charge < -0.3 is 4.74 Å². The third-order valence-electron chi connectivity index (χ3n) is 3.88. The highest BCUT2D eigenvalue weighted by atomic mass is 32.2. The number of hydrogen-bond donors (Lipinski definition) is 1. The van der Waals surface area contributed by atoms with E-state index in [2.05, 4.69) is 27.8 Å². The minimum atomic E-state index is -0.269. The number of carbonyl (C=O) groups is 1. The first-order chi connectivity index (χ1) is 12.6. The second-order valence-electron chi connectivity index (χ2n) is 5.74. The number of thioether (sulfide) groups is 1. The molecule has 1 N–H and O–H groups in total. The van der Waals surface area contributed by atoms with Crippen LogP contribution in [-0.2, 0) is 5.75 Å². The van der Waals surface area contributed by atoms with E-state index in [1.54, 1.807) is 24.8 Å². The van der Waals surface area contributed by atoms with Gasteiger partial charge in [-0.15, -0.1) is 10.2 Å². The summed E-state index contributed by atoms with van der Waals surface area (Å²) in [7, 11) is 1.56. The van der Waals surface area contributed by atoms with Crippen LogP contribution in [0.1, 0.15) is 27.3 Å².